The Balaban J connectivity index is 2.47. The zero-order chi connectivity index (χ0) is 12.0. The van der Waals surface area contributed by atoms with E-state index in [4.69, 9.17) is 11.6 Å². The summed E-state index contributed by atoms with van der Waals surface area (Å²) in [6.45, 7) is 8.56. The minimum atomic E-state index is 0.768. The lowest BCUT2D eigenvalue weighted by molar-refractivity contribution is 0.639. The van der Waals surface area contributed by atoms with E-state index in [1.807, 2.05) is 0 Å². The van der Waals surface area contributed by atoms with Gasteiger partial charge in [-0.05, 0) is 56.8 Å². The van der Waals surface area contributed by atoms with Crippen LogP contribution in [0, 0.1) is 20.8 Å². The Morgan fingerprint density at radius 3 is 2.25 bits per heavy atom. The maximum absolute atomic E-state index is 5.64. The van der Waals surface area contributed by atoms with Gasteiger partial charge in [0.2, 0.25) is 0 Å². The van der Waals surface area contributed by atoms with Gasteiger partial charge in [-0.3, -0.25) is 0 Å². The second kappa shape index (κ2) is 6.93. The molecule has 0 saturated carbocycles. The molecule has 0 aromatic heterocycles. The molecule has 0 bridgehead atoms. The Morgan fingerprint density at radius 1 is 1.06 bits per heavy atom. The maximum Gasteiger partial charge on any atom is 0.0223 e. The first-order valence-corrected chi connectivity index (χ1v) is 6.52. The van der Waals surface area contributed by atoms with Crippen molar-refractivity contribution in [1.29, 1.82) is 0 Å². The summed E-state index contributed by atoms with van der Waals surface area (Å²) >= 11 is 5.64. The van der Waals surface area contributed by atoms with Crippen LogP contribution in [0.2, 0.25) is 0 Å². The topological polar surface area (TPSA) is 12.0 Å². The van der Waals surface area contributed by atoms with Crippen molar-refractivity contribution in [3.8, 4) is 0 Å². The average molecular weight is 240 g/mol. The standard InChI is InChI=1S/C14H22ClN/c1-11-8-12(2)14(13(3)9-11)10-16-7-5-4-6-15/h8-9,16H,4-7,10H2,1-3H3. The van der Waals surface area contributed by atoms with Crippen LogP contribution in [-0.4, -0.2) is 12.4 Å². The zero-order valence-electron chi connectivity index (χ0n) is 10.6. The minimum absolute atomic E-state index is 0.768. The molecule has 2 heteroatoms. The van der Waals surface area contributed by atoms with Crippen molar-refractivity contribution in [3.05, 3.63) is 34.4 Å². The molecule has 0 unspecified atom stereocenters. The highest BCUT2D eigenvalue weighted by molar-refractivity contribution is 6.17. The number of hydrogen-bond acceptors (Lipinski definition) is 1. The highest BCUT2D eigenvalue weighted by Gasteiger charge is 2.02. The van der Waals surface area contributed by atoms with Crippen LogP contribution in [0.15, 0.2) is 12.1 Å². The van der Waals surface area contributed by atoms with Crippen LogP contribution >= 0.6 is 11.6 Å². The lowest BCUT2D eigenvalue weighted by Gasteiger charge is -2.12. The Morgan fingerprint density at radius 2 is 1.69 bits per heavy atom. The summed E-state index contributed by atoms with van der Waals surface area (Å²) in [4.78, 5) is 0. The van der Waals surface area contributed by atoms with Gasteiger partial charge in [0.25, 0.3) is 0 Å². The molecule has 0 amide bonds. The van der Waals surface area contributed by atoms with Gasteiger partial charge < -0.3 is 5.32 Å². The van der Waals surface area contributed by atoms with E-state index < -0.39 is 0 Å². The number of aryl methyl sites for hydroxylation is 3. The van der Waals surface area contributed by atoms with Gasteiger partial charge in [0.05, 0.1) is 0 Å². The molecule has 0 radical (unpaired) electrons. The van der Waals surface area contributed by atoms with Crippen molar-refractivity contribution in [2.24, 2.45) is 0 Å². The van der Waals surface area contributed by atoms with E-state index in [0.29, 0.717) is 0 Å². The van der Waals surface area contributed by atoms with Gasteiger partial charge in [-0.25, -0.2) is 0 Å². The van der Waals surface area contributed by atoms with Crippen LogP contribution in [0.4, 0.5) is 0 Å². The first-order chi connectivity index (χ1) is 7.65. The first-order valence-electron chi connectivity index (χ1n) is 5.98. The van der Waals surface area contributed by atoms with Gasteiger partial charge >= 0.3 is 0 Å². The van der Waals surface area contributed by atoms with E-state index in [2.05, 4.69) is 38.2 Å². The van der Waals surface area contributed by atoms with Crippen LogP contribution in [-0.2, 0) is 6.54 Å². The van der Waals surface area contributed by atoms with E-state index in [9.17, 15) is 0 Å². The lowest BCUT2D eigenvalue weighted by Crippen LogP contribution is -2.16. The average Bonchev–Trinajstić information content (AvgIpc) is 2.20. The van der Waals surface area contributed by atoms with Crippen molar-refractivity contribution in [2.45, 2.75) is 40.2 Å². The molecular weight excluding hydrogens is 218 g/mol. The van der Waals surface area contributed by atoms with Crippen LogP contribution < -0.4 is 5.32 Å². The van der Waals surface area contributed by atoms with Gasteiger partial charge in [-0.15, -0.1) is 11.6 Å². The number of rotatable bonds is 6. The van der Waals surface area contributed by atoms with Crippen molar-refractivity contribution < 1.29 is 0 Å². The number of nitrogens with one attached hydrogen (secondary N) is 1. The molecule has 1 N–H and O–H groups in total. The molecule has 0 aliphatic heterocycles. The largest absolute Gasteiger partial charge is 0.313 e. The fraction of sp³-hybridized carbons (Fsp3) is 0.571. The second-order valence-electron chi connectivity index (χ2n) is 4.45. The summed E-state index contributed by atoms with van der Waals surface area (Å²) < 4.78 is 0. The van der Waals surface area contributed by atoms with E-state index in [0.717, 1.165) is 31.8 Å². The number of unbranched alkanes of at least 4 members (excludes halogenated alkanes) is 1. The Kier molecular flexibility index (Phi) is 5.86. The number of alkyl halides is 1. The van der Waals surface area contributed by atoms with Gasteiger partial charge in [0.15, 0.2) is 0 Å². The zero-order valence-corrected chi connectivity index (χ0v) is 11.3. The summed E-state index contributed by atoms with van der Waals surface area (Å²) in [6, 6.07) is 4.51. The molecule has 1 rings (SSSR count). The van der Waals surface area contributed by atoms with Gasteiger partial charge in [0, 0.05) is 12.4 Å². The fourth-order valence-corrected chi connectivity index (χ4v) is 2.24. The molecular formula is C14H22ClN. The molecule has 1 aromatic carbocycles. The van der Waals surface area contributed by atoms with Crippen LogP contribution in [0.1, 0.15) is 35.1 Å². The number of hydrogen-bond donors (Lipinski definition) is 1. The lowest BCUT2D eigenvalue weighted by atomic mass is 10.00. The number of halogens is 1. The summed E-state index contributed by atoms with van der Waals surface area (Å²) in [7, 11) is 0. The predicted octanol–water partition coefficient (Wildman–Crippen LogP) is 3.72. The SMILES string of the molecule is Cc1cc(C)c(CNCCCCCl)c(C)c1. The Labute approximate surface area is 104 Å². The summed E-state index contributed by atoms with van der Waals surface area (Å²) in [5.74, 6) is 0.768. The molecule has 1 aromatic rings. The Hall–Kier alpha value is -0.530. The summed E-state index contributed by atoms with van der Waals surface area (Å²) in [5, 5.41) is 3.48. The maximum atomic E-state index is 5.64. The van der Waals surface area contributed by atoms with Crippen molar-refractivity contribution >= 4 is 11.6 Å². The minimum Gasteiger partial charge on any atom is -0.313 e. The van der Waals surface area contributed by atoms with Gasteiger partial charge in [0.1, 0.15) is 0 Å². The molecule has 0 aliphatic rings. The van der Waals surface area contributed by atoms with Crippen molar-refractivity contribution in [1.82, 2.24) is 5.32 Å². The Bertz CT molecular complexity index is 311. The smallest absolute Gasteiger partial charge is 0.0223 e. The highest BCUT2D eigenvalue weighted by Crippen LogP contribution is 2.15. The fourth-order valence-electron chi connectivity index (χ4n) is 2.05. The van der Waals surface area contributed by atoms with Gasteiger partial charge in [-0.2, -0.15) is 0 Å². The van der Waals surface area contributed by atoms with E-state index in [1.165, 1.54) is 22.3 Å². The molecule has 0 heterocycles. The highest BCUT2D eigenvalue weighted by atomic mass is 35.5. The van der Waals surface area contributed by atoms with Crippen LogP contribution in [0.3, 0.4) is 0 Å². The first kappa shape index (κ1) is 13.5. The van der Waals surface area contributed by atoms with Gasteiger partial charge in [-0.1, -0.05) is 17.7 Å². The third-order valence-electron chi connectivity index (χ3n) is 2.88. The molecule has 0 atom stereocenters. The van der Waals surface area contributed by atoms with Crippen molar-refractivity contribution in [2.75, 3.05) is 12.4 Å². The van der Waals surface area contributed by atoms with Crippen molar-refractivity contribution in [3.63, 3.8) is 0 Å². The van der Waals surface area contributed by atoms with E-state index >= 15 is 0 Å². The number of benzene rings is 1. The third-order valence-corrected chi connectivity index (χ3v) is 3.15. The molecule has 90 valence electrons. The molecule has 16 heavy (non-hydrogen) atoms. The third kappa shape index (κ3) is 4.15. The summed E-state index contributed by atoms with van der Waals surface area (Å²) in [6.07, 6.45) is 2.26. The molecule has 0 fully saturated rings. The predicted molar refractivity (Wildman–Crippen MR) is 72.3 cm³/mol. The molecule has 0 aliphatic carbocycles. The quantitative estimate of drug-likeness (QED) is 0.589. The second-order valence-corrected chi connectivity index (χ2v) is 4.83. The normalized spacial score (nSPS) is 10.8. The molecule has 0 spiro atoms. The summed E-state index contributed by atoms with van der Waals surface area (Å²) in [5.41, 5.74) is 5.57. The monoisotopic (exact) mass is 239 g/mol. The van der Waals surface area contributed by atoms with Crippen LogP contribution in [0.25, 0.3) is 0 Å². The van der Waals surface area contributed by atoms with Crippen LogP contribution in [0.5, 0.6) is 0 Å². The molecule has 1 nitrogen and oxygen atoms in total. The molecule has 0 saturated heterocycles. The van der Waals surface area contributed by atoms with E-state index in [1.54, 1.807) is 0 Å². The van der Waals surface area contributed by atoms with E-state index in [-0.39, 0.29) is 0 Å².